The van der Waals surface area contributed by atoms with Crippen LogP contribution in [0.25, 0.3) is 0 Å². The molecule has 0 bridgehead atoms. The van der Waals surface area contributed by atoms with Gasteiger partial charge >= 0.3 is 6.18 Å². The predicted molar refractivity (Wildman–Crippen MR) is 83.8 cm³/mol. The summed E-state index contributed by atoms with van der Waals surface area (Å²) in [4.78, 5) is 13.9. The number of hydrogen-bond donors (Lipinski definition) is 2. The van der Waals surface area contributed by atoms with Crippen LogP contribution in [0.4, 0.5) is 13.2 Å². The molecule has 1 aromatic carbocycles. The summed E-state index contributed by atoms with van der Waals surface area (Å²) in [7, 11) is 3.63. The molecule has 0 saturated carbocycles. The number of benzene rings is 1. The number of halogens is 4. The van der Waals surface area contributed by atoms with E-state index in [0.717, 1.165) is 5.56 Å². The number of aromatic nitrogens is 2. The van der Waals surface area contributed by atoms with Gasteiger partial charge in [0.25, 0.3) is 5.91 Å². The summed E-state index contributed by atoms with van der Waals surface area (Å²) in [5.41, 5.74) is -0.579. The van der Waals surface area contributed by atoms with Gasteiger partial charge in [-0.25, -0.2) is 0 Å². The van der Waals surface area contributed by atoms with E-state index in [4.69, 9.17) is 11.6 Å². The van der Waals surface area contributed by atoms with Crippen molar-refractivity contribution in [1.29, 1.82) is 0 Å². The lowest BCUT2D eigenvalue weighted by Gasteiger charge is -2.25. The van der Waals surface area contributed by atoms with Gasteiger partial charge in [0.2, 0.25) is 0 Å². The Balaban J connectivity index is 2.08. The molecule has 0 fully saturated rings. The van der Waals surface area contributed by atoms with E-state index < -0.39 is 17.8 Å². The molecule has 1 heterocycles. The molecule has 0 aliphatic heterocycles. The molecule has 2 aromatic rings. The summed E-state index contributed by atoms with van der Waals surface area (Å²) < 4.78 is 37.6. The third-order valence-corrected chi connectivity index (χ3v) is 3.80. The smallest absolute Gasteiger partial charge is 0.349 e. The molecular formula is C15H16ClF3N4O. The molecule has 130 valence electrons. The highest BCUT2D eigenvalue weighted by molar-refractivity contribution is 6.31. The fourth-order valence-electron chi connectivity index (χ4n) is 2.18. The molecule has 0 spiro atoms. The van der Waals surface area contributed by atoms with Crippen molar-refractivity contribution in [3.63, 3.8) is 0 Å². The number of hydrogen-bond acceptors (Lipinski definition) is 3. The van der Waals surface area contributed by atoms with Crippen LogP contribution < -0.4 is 5.32 Å². The number of H-pyrrole nitrogens is 1. The van der Waals surface area contributed by atoms with Crippen LogP contribution in [0.2, 0.25) is 5.02 Å². The average molecular weight is 361 g/mol. The molecule has 1 aromatic heterocycles. The van der Waals surface area contributed by atoms with Crippen LogP contribution in [0.15, 0.2) is 30.3 Å². The molecule has 1 atom stereocenters. The van der Waals surface area contributed by atoms with Crippen molar-refractivity contribution in [2.75, 3.05) is 20.6 Å². The van der Waals surface area contributed by atoms with E-state index >= 15 is 0 Å². The highest BCUT2D eigenvalue weighted by Crippen LogP contribution is 2.28. The Bertz CT molecular complexity index is 715. The van der Waals surface area contributed by atoms with E-state index in [1.54, 1.807) is 12.1 Å². The lowest BCUT2D eigenvalue weighted by molar-refractivity contribution is -0.141. The van der Waals surface area contributed by atoms with E-state index in [9.17, 15) is 18.0 Å². The van der Waals surface area contributed by atoms with Gasteiger partial charge in [0.05, 0.1) is 6.04 Å². The van der Waals surface area contributed by atoms with E-state index in [1.807, 2.05) is 36.2 Å². The number of carbonyl (C=O) groups is 1. The highest BCUT2D eigenvalue weighted by Gasteiger charge is 2.33. The van der Waals surface area contributed by atoms with Gasteiger partial charge in [0.15, 0.2) is 5.69 Å². The lowest BCUT2D eigenvalue weighted by atomic mass is 10.1. The highest BCUT2D eigenvalue weighted by atomic mass is 35.5. The zero-order valence-electron chi connectivity index (χ0n) is 13.0. The van der Waals surface area contributed by atoms with Gasteiger partial charge in [-0.2, -0.15) is 18.3 Å². The second-order valence-corrected chi connectivity index (χ2v) is 5.78. The first kappa shape index (κ1) is 18.3. The Morgan fingerprint density at radius 2 is 2.04 bits per heavy atom. The third kappa shape index (κ3) is 4.27. The summed E-state index contributed by atoms with van der Waals surface area (Å²) in [6.45, 7) is 0.170. The SMILES string of the molecule is CN(C)[C@@H](CNC(=O)c1cc(C(F)(F)F)[nH]n1)c1ccccc1Cl. The van der Waals surface area contributed by atoms with Crippen molar-refractivity contribution in [3.05, 3.63) is 52.3 Å². The van der Waals surface area contributed by atoms with Crippen LogP contribution >= 0.6 is 11.6 Å². The van der Waals surface area contributed by atoms with Gasteiger partial charge in [-0.3, -0.25) is 9.89 Å². The van der Waals surface area contributed by atoms with Gasteiger partial charge in [-0.05, 0) is 25.7 Å². The fourth-order valence-corrected chi connectivity index (χ4v) is 2.44. The zero-order chi connectivity index (χ0) is 17.9. The number of alkyl halides is 3. The standard InChI is InChI=1S/C15H16ClF3N4O/c1-23(2)12(9-5-3-4-6-10(9)16)8-20-14(24)11-7-13(22-21-11)15(17,18)19/h3-7,12H,8H2,1-2H3,(H,20,24)(H,21,22)/t12-/m0/s1. The number of nitrogens with one attached hydrogen (secondary N) is 2. The first-order chi connectivity index (χ1) is 11.2. The molecule has 5 nitrogen and oxygen atoms in total. The predicted octanol–water partition coefficient (Wildman–Crippen LogP) is 3.11. The summed E-state index contributed by atoms with van der Waals surface area (Å²) in [5, 5.41) is 8.34. The zero-order valence-corrected chi connectivity index (χ0v) is 13.7. The Kier molecular flexibility index (Phi) is 5.51. The van der Waals surface area contributed by atoms with Crippen LogP contribution in [0, 0.1) is 0 Å². The second kappa shape index (κ2) is 7.23. The van der Waals surface area contributed by atoms with E-state index in [2.05, 4.69) is 10.4 Å². The molecule has 0 saturated heterocycles. The fraction of sp³-hybridized carbons (Fsp3) is 0.333. The van der Waals surface area contributed by atoms with Gasteiger partial charge in [0.1, 0.15) is 5.69 Å². The first-order valence-electron chi connectivity index (χ1n) is 7.02. The number of likely N-dealkylation sites (N-methyl/N-ethyl adjacent to an activating group) is 1. The Morgan fingerprint density at radius 1 is 1.38 bits per heavy atom. The molecule has 0 radical (unpaired) electrons. The van der Waals surface area contributed by atoms with Crippen molar-refractivity contribution in [1.82, 2.24) is 20.4 Å². The quantitative estimate of drug-likeness (QED) is 0.861. The van der Waals surface area contributed by atoms with Crippen LogP contribution in [0.5, 0.6) is 0 Å². The second-order valence-electron chi connectivity index (χ2n) is 5.38. The first-order valence-corrected chi connectivity index (χ1v) is 7.39. The van der Waals surface area contributed by atoms with Crippen molar-refractivity contribution in [2.45, 2.75) is 12.2 Å². The molecule has 24 heavy (non-hydrogen) atoms. The van der Waals surface area contributed by atoms with Crippen LogP contribution in [-0.4, -0.2) is 41.6 Å². The van der Waals surface area contributed by atoms with Crippen molar-refractivity contribution in [3.8, 4) is 0 Å². The molecule has 0 aliphatic rings. The third-order valence-electron chi connectivity index (χ3n) is 3.46. The molecule has 0 unspecified atom stereocenters. The summed E-state index contributed by atoms with van der Waals surface area (Å²) in [6, 6.07) is 7.62. The largest absolute Gasteiger partial charge is 0.432 e. The topological polar surface area (TPSA) is 61.0 Å². The Labute approximate surface area is 141 Å². The molecular weight excluding hydrogens is 345 g/mol. The maximum Gasteiger partial charge on any atom is 0.432 e. The lowest BCUT2D eigenvalue weighted by Crippen LogP contribution is -2.34. The van der Waals surface area contributed by atoms with Gasteiger partial charge in [0, 0.05) is 17.6 Å². The molecule has 2 rings (SSSR count). The Hall–Kier alpha value is -2.06. The number of amides is 1. The minimum absolute atomic E-state index is 0.170. The van der Waals surface area contributed by atoms with Crippen molar-refractivity contribution in [2.24, 2.45) is 0 Å². The minimum atomic E-state index is -4.57. The average Bonchev–Trinajstić information content (AvgIpc) is 2.98. The van der Waals surface area contributed by atoms with Crippen LogP contribution in [0.3, 0.4) is 0 Å². The van der Waals surface area contributed by atoms with Crippen molar-refractivity contribution >= 4 is 17.5 Å². The van der Waals surface area contributed by atoms with E-state index in [1.165, 1.54) is 0 Å². The monoisotopic (exact) mass is 360 g/mol. The van der Waals surface area contributed by atoms with Crippen LogP contribution in [0.1, 0.15) is 27.8 Å². The normalized spacial score (nSPS) is 13.1. The molecule has 1 amide bonds. The number of carbonyl (C=O) groups excluding carboxylic acids is 1. The Morgan fingerprint density at radius 3 is 2.58 bits per heavy atom. The molecule has 2 N–H and O–H groups in total. The maximum atomic E-state index is 12.5. The van der Waals surface area contributed by atoms with Gasteiger partial charge < -0.3 is 10.2 Å². The summed E-state index contributed by atoms with van der Waals surface area (Å²) in [5.74, 6) is -0.694. The summed E-state index contributed by atoms with van der Waals surface area (Å²) >= 11 is 6.17. The van der Waals surface area contributed by atoms with Crippen molar-refractivity contribution < 1.29 is 18.0 Å². The van der Waals surface area contributed by atoms with Gasteiger partial charge in [-0.1, -0.05) is 29.8 Å². The molecule has 9 heteroatoms. The number of nitrogens with zero attached hydrogens (tertiary/aromatic N) is 2. The van der Waals surface area contributed by atoms with Crippen LogP contribution in [-0.2, 0) is 6.18 Å². The number of aromatic amines is 1. The molecule has 0 aliphatic carbocycles. The maximum absolute atomic E-state index is 12.5. The van der Waals surface area contributed by atoms with E-state index in [-0.39, 0.29) is 18.3 Å². The summed E-state index contributed by atoms with van der Waals surface area (Å²) in [6.07, 6.45) is -4.57. The van der Waals surface area contributed by atoms with E-state index in [0.29, 0.717) is 11.1 Å². The number of rotatable bonds is 5. The van der Waals surface area contributed by atoms with Gasteiger partial charge in [-0.15, -0.1) is 0 Å². The minimum Gasteiger partial charge on any atom is -0.349 e.